The minimum atomic E-state index is -4.14. The lowest BCUT2D eigenvalue weighted by atomic mass is 9.55. The molecule has 17 heavy (non-hydrogen) atoms. The van der Waals surface area contributed by atoms with E-state index in [9.17, 15) is 17.6 Å². The predicted molar refractivity (Wildman–Crippen MR) is 52.2 cm³/mol. The Kier molecular flexibility index (Phi) is 2.75. The average Bonchev–Trinajstić information content (AvgIpc) is 2.26. The van der Waals surface area contributed by atoms with Crippen molar-refractivity contribution in [1.82, 2.24) is 0 Å². The number of halogens is 4. The lowest BCUT2D eigenvalue weighted by Crippen LogP contribution is -2.72. The first-order valence-corrected chi connectivity index (χ1v) is 5.61. The van der Waals surface area contributed by atoms with Crippen LogP contribution in [0, 0.1) is 5.41 Å². The maximum absolute atomic E-state index is 14.0. The zero-order valence-electron chi connectivity index (χ0n) is 9.86. The van der Waals surface area contributed by atoms with Crippen LogP contribution in [0.5, 0.6) is 0 Å². The second kappa shape index (κ2) is 3.57. The minimum absolute atomic E-state index is 0.0462. The Bertz CT molecular complexity index is 303. The SMILES string of the molecule is COCOC12CCC(C)(CC1)C(F)(F)C2(F)F. The van der Waals surface area contributed by atoms with Gasteiger partial charge in [0.1, 0.15) is 12.4 Å². The molecule has 0 aromatic heterocycles. The summed E-state index contributed by atoms with van der Waals surface area (Å²) in [7, 11) is 1.28. The predicted octanol–water partition coefficient (Wildman–Crippen LogP) is 3.21. The first-order chi connectivity index (χ1) is 7.72. The summed E-state index contributed by atoms with van der Waals surface area (Å²) in [4.78, 5) is 0. The van der Waals surface area contributed by atoms with Crippen molar-refractivity contribution in [2.75, 3.05) is 13.9 Å². The summed E-state index contributed by atoms with van der Waals surface area (Å²) in [5, 5.41) is 0. The first-order valence-electron chi connectivity index (χ1n) is 5.61. The van der Waals surface area contributed by atoms with Gasteiger partial charge in [-0.2, -0.15) is 17.6 Å². The molecule has 3 rings (SSSR count). The molecule has 3 saturated carbocycles. The molecule has 0 spiro atoms. The molecule has 0 saturated heterocycles. The molecule has 0 aromatic rings. The van der Waals surface area contributed by atoms with Gasteiger partial charge in [0.25, 0.3) is 0 Å². The van der Waals surface area contributed by atoms with Crippen molar-refractivity contribution in [2.24, 2.45) is 5.41 Å². The van der Waals surface area contributed by atoms with Crippen molar-refractivity contribution >= 4 is 0 Å². The molecule has 100 valence electrons. The van der Waals surface area contributed by atoms with E-state index in [1.165, 1.54) is 14.0 Å². The fourth-order valence-corrected chi connectivity index (χ4v) is 2.91. The van der Waals surface area contributed by atoms with Crippen LogP contribution in [-0.4, -0.2) is 31.3 Å². The van der Waals surface area contributed by atoms with Crippen LogP contribution in [0.25, 0.3) is 0 Å². The Morgan fingerprint density at radius 3 is 1.94 bits per heavy atom. The Labute approximate surface area is 97.3 Å². The normalized spacial score (nSPS) is 42.7. The van der Waals surface area contributed by atoms with E-state index in [0.717, 1.165) is 0 Å². The van der Waals surface area contributed by atoms with E-state index in [1.807, 2.05) is 0 Å². The highest BCUT2D eigenvalue weighted by Gasteiger charge is 2.81. The number of rotatable bonds is 3. The molecular weight excluding hydrogens is 240 g/mol. The summed E-state index contributed by atoms with van der Waals surface area (Å²) in [5.41, 5.74) is -3.68. The van der Waals surface area contributed by atoms with Crippen LogP contribution in [0.15, 0.2) is 0 Å². The van der Waals surface area contributed by atoms with Gasteiger partial charge in [0.2, 0.25) is 0 Å². The Hall–Kier alpha value is -0.360. The third kappa shape index (κ3) is 1.40. The number of ether oxygens (including phenoxy) is 2. The van der Waals surface area contributed by atoms with Crippen LogP contribution in [-0.2, 0) is 9.47 Å². The highest BCUT2D eigenvalue weighted by molar-refractivity contribution is 5.18. The van der Waals surface area contributed by atoms with Crippen LogP contribution in [0.2, 0.25) is 0 Å². The Balaban J connectivity index is 2.37. The smallest absolute Gasteiger partial charge is 0.338 e. The topological polar surface area (TPSA) is 18.5 Å². The molecule has 0 amide bonds. The number of alkyl halides is 4. The Morgan fingerprint density at radius 1 is 0.941 bits per heavy atom. The summed E-state index contributed by atoms with van der Waals surface area (Å²) in [6, 6.07) is 0. The van der Waals surface area contributed by atoms with E-state index in [2.05, 4.69) is 4.74 Å². The molecule has 0 aromatic carbocycles. The molecule has 3 aliphatic rings. The van der Waals surface area contributed by atoms with Crippen molar-refractivity contribution in [3.05, 3.63) is 0 Å². The van der Waals surface area contributed by atoms with E-state index >= 15 is 0 Å². The van der Waals surface area contributed by atoms with Crippen molar-refractivity contribution in [2.45, 2.75) is 50.1 Å². The van der Waals surface area contributed by atoms with E-state index < -0.39 is 22.9 Å². The summed E-state index contributed by atoms with van der Waals surface area (Å²) in [6.07, 6.45) is 0.0174. The first kappa shape index (κ1) is 13.1. The van der Waals surface area contributed by atoms with Gasteiger partial charge in [-0.25, -0.2) is 0 Å². The minimum Gasteiger partial charge on any atom is -0.359 e. The van der Waals surface area contributed by atoms with Crippen LogP contribution in [0.4, 0.5) is 17.6 Å². The summed E-state index contributed by atoms with van der Waals surface area (Å²) in [5.74, 6) is -8.16. The number of hydrogen-bond acceptors (Lipinski definition) is 2. The number of hydrogen-bond donors (Lipinski definition) is 0. The molecule has 2 bridgehead atoms. The van der Waals surface area contributed by atoms with Gasteiger partial charge < -0.3 is 9.47 Å². The van der Waals surface area contributed by atoms with E-state index in [4.69, 9.17) is 4.74 Å². The molecule has 0 aliphatic heterocycles. The maximum atomic E-state index is 14.0. The van der Waals surface area contributed by atoms with Crippen LogP contribution in [0.3, 0.4) is 0 Å². The molecule has 2 nitrogen and oxygen atoms in total. The largest absolute Gasteiger partial charge is 0.359 e. The third-order valence-corrected chi connectivity index (χ3v) is 4.34. The monoisotopic (exact) mass is 256 g/mol. The summed E-state index contributed by atoms with van der Waals surface area (Å²) < 4.78 is 65.2. The maximum Gasteiger partial charge on any atom is 0.338 e. The van der Waals surface area contributed by atoms with Gasteiger partial charge in [-0.05, 0) is 25.7 Å². The molecule has 6 heteroatoms. The fourth-order valence-electron chi connectivity index (χ4n) is 2.91. The third-order valence-electron chi connectivity index (χ3n) is 4.34. The average molecular weight is 256 g/mol. The lowest BCUT2D eigenvalue weighted by molar-refractivity contribution is -0.394. The van der Waals surface area contributed by atoms with Gasteiger partial charge in [-0.3, -0.25) is 0 Å². The van der Waals surface area contributed by atoms with Gasteiger partial charge in [0, 0.05) is 12.5 Å². The van der Waals surface area contributed by atoms with E-state index in [-0.39, 0.29) is 32.5 Å². The highest BCUT2D eigenvalue weighted by Crippen LogP contribution is 2.67. The highest BCUT2D eigenvalue weighted by atomic mass is 19.3. The van der Waals surface area contributed by atoms with Crippen LogP contribution in [0.1, 0.15) is 32.6 Å². The van der Waals surface area contributed by atoms with Crippen molar-refractivity contribution in [3.8, 4) is 0 Å². The molecule has 0 unspecified atom stereocenters. The quantitative estimate of drug-likeness (QED) is 0.570. The molecule has 0 radical (unpaired) electrons. The second-order valence-corrected chi connectivity index (χ2v) is 5.25. The summed E-state index contributed by atoms with van der Waals surface area (Å²) in [6.45, 7) is 0.850. The zero-order chi connectivity index (χ0) is 12.9. The van der Waals surface area contributed by atoms with Gasteiger partial charge in [0.05, 0.1) is 0 Å². The molecule has 3 fully saturated rings. The van der Waals surface area contributed by atoms with Crippen LogP contribution < -0.4 is 0 Å². The van der Waals surface area contributed by atoms with Gasteiger partial charge in [0.15, 0.2) is 0 Å². The van der Waals surface area contributed by atoms with E-state index in [1.54, 1.807) is 0 Å². The van der Waals surface area contributed by atoms with Gasteiger partial charge >= 0.3 is 11.8 Å². The number of fused-ring (bicyclic) bond motifs is 3. The van der Waals surface area contributed by atoms with Gasteiger partial charge in [-0.15, -0.1) is 0 Å². The van der Waals surface area contributed by atoms with Gasteiger partial charge in [-0.1, -0.05) is 6.92 Å². The van der Waals surface area contributed by atoms with Crippen molar-refractivity contribution < 1.29 is 27.0 Å². The molecule has 0 heterocycles. The zero-order valence-corrected chi connectivity index (χ0v) is 9.86. The standard InChI is InChI=1S/C11H16F4O2/c1-8-3-5-9(6-4-8,17-7-16-2)11(14,15)10(8,12)13/h3-7H2,1-2H3. The molecule has 3 aliphatic carbocycles. The Morgan fingerprint density at radius 2 is 1.47 bits per heavy atom. The van der Waals surface area contributed by atoms with E-state index in [0.29, 0.717) is 0 Å². The van der Waals surface area contributed by atoms with Crippen LogP contribution >= 0.6 is 0 Å². The second-order valence-electron chi connectivity index (χ2n) is 5.25. The van der Waals surface area contributed by atoms with Crippen molar-refractivity contribution in [3.63, 3.8) is 0 Å². The fraction of sp³-hybridized carbons (Fsp3) is 1.00. The summed E-state index contributed by atoms with van der Waals surface area (Å²) >= 11 is 0. The lowest BCUT2D eigenvalue weighted by Gasteiger charge is -2.59. The van der Waals surface area contributed by atoms with Crippen molar-refractivity contribution in [1.29, 1.82) is 0 Å². The molecular formula is C11H16F4O2. The molecule has 0 N–H and O–H groups in total. The number of methoxy groups -OCH3 is 1. The molecule has 0 atom stereocenters.